The molecule has 0 radical (unpaired) electrons. The number of rotatable bonds is 3. The zero-order valence-corrected chi connectivity index (χ0v) is 16.0. The number of aromatic nitrogens is 2. The smallest absolute Gasteiger partial charge is 0.382 e. The molecule has 4 aromatic rings. The molecule has 164 valence electrons. The third kappa shape index (κ3) is 3.57. The molecule has 0 aliphatic rings. The molecular formula is C21H14F5N5O. The van der Waals surface area contributed by atoms with Crippen LogP contribution < -0.4 is 16.4 Å². The Morgan fingerprint density at radius 3 is 2.28 bits per heavy atom. The van der Waals surface area contributed by atoms with Crippen LogP contribution in [0.4, 0.5) is 43.9 Å². The van der Waals surface area contributed by atoms with Crippen molar-refractivity contribution in [1.29, 1.82) is 0 Å². The van der Waals surface area contributed by atoms with Gasteiger partial charge in [0.05, 0.1) is 27.8 Å². The van der Waals surface area contributed by atoms with E-state index in [2.05, 4.69) is 10.2 Å². The lowest BCUT2D eigenvalue weighted by molar-refractivity contribution is -0.139. The lowest BCUT2D eigenvalue weighted by atomic mass is 10.00. The number of primary amides is 1. The monoisotopic (exact) mass is 447 g/mol. The van der Waals surface area contributed by atoms with Crippen molar-refractivity contribution in [3.05, 3.63) is 71.8 Å². The summed E-state index contributed by atoms with van der Waals surface area (Å²) in [5.74, 6) is -2.15. The molecule has 0 aliphatic carbocycles. The van der Waals surface area contributed by atoms with Crippen molar-refractivity contribution < 1.29 is 26.7 Å². The lowest BCUT2D eigenvalue weighted by Gasteiger charge is -2.22. The molecule has 1 heterocycles. The molecule has 1 aromatic heterocycles. The summed E-state index contributed by atoms with van der Waals surface area (Å²) in [6.07, 6.45) is -5.00. The van der Waals surface area contributed by atoms with Crippen LogP contribution in [-0.2, 0) is 6.18 Å². The van der Waals surface area contributed by atoms with Crippen LogP contribution in [0.3, 0.4) is 0 Å². The topological polar surface area (TPSA) is 101 Å². The summed E-state index contributed by atoms with van der Waals surface area (Å²) in [7, 11) is 0. The summed E-state index contributed by atoms with van der Waals surface area (Å²) >= 11 is 0. The number of carbonyl (C=O) groups is 1. The maximum atomic E-state index is 15.1. The zero-order chi connectivity index (χ0) is 23.2. The van der Waals surface area contributed by atoms with Crippen LogP contribution in [0, 0.1) is 11.6 Å². The molecule has 2 amide bonds. The average molecular weight is 447 g/mol. The van der Waals surface area contributed by atoms with Crippen molar-refractivity contribution in [2.75, 3.05) is 10.6 Å². The summed E-state index contributed by atoms with van der Waals surface area (Å²) in [6, 6.07) is 9.29. The van der Waals surface area contributed by atoms with E-state index in [4.69, 9.17) is 11.5 Å². The van der Waals surface area contributed by atoms with Crippen LogP contribution in [0.2, 0.25) is 0 Å². The molecule has 0 saturated heterocycles. The van der Waals surface area contributed by atoms with Gasteiger partial charge in [0.2, 0.25) is 0 Å². The Hall–Kier alpha value is -4.15. The van der Waals surface area contributed by atoms with Crippen molar-refractivity contribution in [3.63, 3.8) is 0 Å². The van der Waals surface area contributed by atoms with Gasteiger partial charge in [0.15, 0.2) is 5.82 Å². The van der Waals surface area contributed by atoms with E-state index in [1.807, 2.05) is 0 Å². The van der Waals surface area contributed by atoms with Crippen LogP contribution in [-0.4, -0.2) is 16.2 Å². The number of nitrogen functional groups attached to an aromatic ring is 1. The normalized spacial score (nSPS) is 11.7. The Labute approximate surface area is 177 Å². The molecule has 0 saturated carbocycles. The van der Waals surface area contributed by atoms with E-state index in [1.54, 1.807) is 18.2 Å². The van der Waals surface area contributed by atoms with E-state index < -0.39 is 29.4 Å². The van der Waals surface area contributed by atoms with E-state index in [9.17, 15) is 22.4 Å². The highest BCUT2D eigenvalue weighted by molar-refractivity contribution is 6.02. The Morgan fingerprint density at radius 1 is 0.938 bits per heavy atom. The van der Waals surface area contributed by atoms with Crippen molar-refractivity contribution in [1.82, 2.24) is 10.2 Å². The molecule has 0 unspecified atom stereocenters. The molecule has 0 atom stereocenters. The number of nitrogens with one attached hydrogen (secondary N) is 1. The molecule has 0 spiro atoms. The van der Waals surface area contributed by atoms with Crippen LogP contribution in [0.25, 0.3) is 22.0 Å². The van der Waals surface area contributed by atoms with E-state index >= 15 is 4.39 Å². The first kappa shape index (κ1) is 21.1. The zero-order valence-electron chi connectivity index (χ0n) is 16.0. The SMILES string of the molecule is NC(=O)N(c1ccc(-c2cccc3[nH]nc(N)c23)c(F)c1)c1ccc(F)c(C(F)(F)F)c1. The molecule has 0 fully saturated rings. The number of anilines is 3. The number of H-pyrrole nitrogens is 1. The van der Waals surface area contributed by atoms with Gasteiger partial charge in [-0.25, -0.2) is 13.6 Å². The summed E-state index contributed by atoms with van der Waals surface area (Å²) < 4.78 is 68.0. The number of alkyl halides is 3. The molecular weight excluding hydrogens is 433 g/mol. The van der Waals surface area contributed by atoms with E-state index in [1.165, 1.54) is 12.1 Å². The van der Waals surface area contributed by atoms with Crippen LogP contribution >= 0.6 is 0 Å². The Kier molecular flexibility index (Phi) is 4.96. The largest absolute Gasteiger partial charge is 0.419 e. The number of benzene rings is 3. The highest BCUT2D eigenvalue weighted by atomic mass is 19.4. The van der Waals surface area contributed by atoms with E-state index in [0.717, 1.165) is 12.1 Å². The fourth-order valence-corrected chi connectivity index (χ4v) is 3.46. The first-order valence-corrected chi connectivity index (χ1v) is 9.06. The number of nitrogens with zero attached hydrogens (tertiary/aromatic N) is 2. The maximum Gasteiger partial charge on any atom is 0.419 e. The van der Waals surface area contributed by atoms with Crippen LogP contribution in [0.5, 0.6) is 0 Å². The van der Waals surface area contributed by atoms with Crippen molar-refractivity contribution >= 4 is 34.1 Å². The van der Waals surface area contributed by atoms with Gasteiger partial charge >= 0.3 is 12.2 Å². The molecule has 6 nitrogen and oxygen atoms in total. The van der Waals surface area contributed by atoms with Crippen molar-refractivity contribution in [2.45, 2.75) is 6.18 Å². The van der Waals surface area contributed by atoms with Gasteiger partial charge in [-0.3, -0.25) is 10.00 Å². The minimum Gasteiger partial charge on any atom is -0.382 e. The summed E-state index contributed by atoms with van der Waals surface area (Å²) in [4.78, 5) is 12.7. The highest BCUT2D eigenvalue weighted by Crippen LogP contribution is 2.38. The standard InChI is InChI=1S/C21H14F5N5O/c22-15-7-5-10(8-14(15)21(24,25)26)31(20(28)32)11-4-6-12(16(23)9-11)13-2-1-3-17-18(13)19(27)30-29-17/h1-9H,(H2,28,32)(H3,27,29,30). The van der Waals surface area contributed by atoms with Gasteiger partial charge < -0.3 is 11.5 Å². The minimum absolute atomic E-state index is 0.118. The molecule has 3 aromatic carbocycles. The summed E-state index contributed by atoms with van der Waals surface area (Å²) in [6.45, 7) is 0. The fraction of sp³-hybridized carbons (Fsp3) is 0.0476. The summed E-state index contributed by atoms with van der Waals surface area (Å²) in [5, 5.41) is 7.10. The fourth-order valence-electron chi connectivity index (χ4n) is 3.46. The molecule has 11 heteroatoms. The van der Waals surface area contributed by atoms with E-state index in [-0.39, 0.29) is 22.8 Å². The predicted octanol–water partition coefficient (Wildman–Crippen LogP) is 5.33. The number of carbonyl (C=O) groups excluding carboxylic acids is 1. The molecule has 32 heavy (non-hydrogen) atoms. The van der Waals surface area contributed by atoms with Gasteiger partial charge in [-0.15, -0.1) is 0 Å². The minimum atomic E-state index is -5.00. The van der Waals surface area contributed by atoms with Crippen LogP contribution in [0.15, 0.2) is 54.6 Å². The first-order chi connectivity index (χ1) is 15.1. The molecule has 4 rings (SSSR count). The number of hydrogen-bond acceptors (Lipinski definition) is 3. The number of amides is 2. The predicted molar refractivity (Wildman–Crippen MR) is 109 cm³/mol. The molecule has 0 bridgehead atoms. The second-order valence-electron chi connectivity index (χ2n) is 6.84. The van der Waals surface area contributed by atoms with Crippen LogP contribution in [0.1, 0.15) is 5.56 Å². The molecule has 5 N–H and O–H groups in total. The number of hydrogen-bond donors (Lipinski definition) is 3. The van der Waals surface area contributed by atoms with Gasteiger partial charge in [-0.2, -0.15) is 18.3 Å². The van der Waals surface area contributed by atoms with Gasteiger partial charge in [0.1, 0.15) is 11.6 Å². The molecule has 0 aliphatic heterocycles. The second kappa shape index (κ2) is 7.52. The number of halogens is 5. The van der Waals surface area contributed by atoms with Crippen molar-refractivity contribution in [3.8, 4) is 11.1 Å². The Morgan fingerprint density at radius 2 is 1.62 bits per heavy atom. The van der Waals surface area contributed by atoms with E-state index in [0.29, 0.717) is 33.5 Å². The highest BCUT2D eigenvalue weighted by Gasteiger charge is 2.35. The van der Waals surface area contributed by atoms with Gasteiger partial charge in [0, 0.05) is 5.56 Å². The maximum absolute atomic E-state index is 15.1. The number of fused-ring (bicyclic) bond motifs is 1. The van der Waals surface area contributed by atoms with Crippen molar-refractivity contribution in [2.24, 2.45) is 5.73 Å². The average Bonchev–Trinajstić information content (AvgIpc) is 3.10. The number of aromatic amines is 1. The first-order valence-electron chi connectivity index (χ1n) is 9.06. The number of urea groups is 1. The lowest BCUT2D eigenvalue weighted by Crippen LogP contribution is -2.31. The van der Waals surface area contributed by atoms with Gasteiger partial charge in [0.25, 0.3) is 0 Å². The Balaban J connectivity index is 1.82. The third-order valence-corrected chi connectivity index (χ3v) is 4.85. The summed E-state index contributed by atoms with van der Waals surface area (Å²) in [5.41, 5.74) is 10.2. The number of nitrogens with two attached hydrogens (primary N) is 2. The Bertz CT molecular complexity index is 1350. The van der Waals surface area contributed by atoms with Gasteiger partial charge in [-0.1, -0.05) is 12.1 Å². The quantitative estimate of drug-likeness (QED) is 0.370. The second-order valence-corrected chi connectivity index (χ2v) is 6.84. The van der Waals surface area contributed by atoms with Gasteiger partial charge in [-0.05, 0) is 48.0 Å². The third-order valence-electron chi connectivity index (χ3n) is 4.85.